The van der Waals surface area contributed by atoms with E-state index in [-0.39, 0.29) is 22.6 Å². The van der Waals surface area contributed by atoms with Gasteiger partial charge in [0.25, 0.3) is 0 Å². The van der Waals surface area contributed by atoms with Crippen molar-refractivity contribution in [2.24, 2.45) is 0 Å². The van der Waals surface area contributed by atoms with Crippen LogP contribution in [0.1, 0.15) is 0 Å². The molecular formula is C10H7BrFN3O2. The topological polar surface area (TPSA) is 73.2 Å². The van der Waals surface area contributed by atoms with Crippen molar-refractivity contribution in [1.82, 2.24) is 10.2 Å². The normalized spacial score (nSPS) is 13.1. The van der Waals surface area contributed by atoms with Gasteiger partial charge in [-0.15, -0.1) is 0 Å². The largest absolute Gasteiger partial charge is 0.454 e. The zero-order valence-corrected chi connectivity index (χ0v) is 10.0. The zero-order valence-electron chi connectivity index (χ0n) is 8.46. The third-order valence-electron chi connectivity index (χ3n) is 2.49. The van der Waals surface area contributed by atoms with Gasteiger partial charge in [-0.05, 0) is 15.9 Å². The molecule has 2 aromatic rings. The second-order valence-electron chi connectivity index (χ2n) is 3.48. The molecule has 2 heterocycles. The van der Waals surface area contributed by atoms with E-state index in [1.54, 1.807) is 0 Å². The summed E-state index contributed by atoms with van der Waals surface area (Å²) in [6, 6.07) is 1.53. The predicted molar refractivity (Wildman–Crippen MR) is 62.2 cm³/mol. The molecule has 0 saturated heterocycles. The smallest absolute Gasteiger partial charge is 0.231 e. The SMILES string of the molecule is Nc1[nH]ncc1-c1c(F)c(Br)cc2c1OCO2. The van der Waals surface area contributed by atoms with Crippen LogP contribution in [0.3, 0.4) is 0 Å². The van der Waals surface area contributed by atoms with E-state index in [0.29, 0.717) is 17.1 Å². The number of halogens is 2. The number of nitrogen functional groups attached to an aromatic ring is 1. The van der Waals surface area contributed by atoms with Crippen LogP contribution in [0, 0.1) is 5.82 Å². The number of hydrogen-bond acceptors (Lipinski definition) is 4. The van der Waals surface area contributed by atoms with E-state index in [4.69, 9.17) is 15.2 Å². The van der Waals surface area contributed by atoms with Gasteiger partial charge in [0, 0.05) is 6.07 Å². The maximum atomic E-state index is 14.1. The Hall–Kier alpha value is -1.76. The van der Waals surface area contributed by atoms with Crippen molar-refractivity contribution in [3.05, 3.63) is 22.6 Å². The van der Waals surface area contributed by atoms with Crippen LogP contribution in [-0.2, 0) is 0 Å². The highest BCUT2D eigenvalue weighted by atomic mass is 79.9. The summed E-state index contributed by atoms with van der Waals surface area (Å²) in [7, 11) is 0. The van der Waals surface area contributed by atoms with E-state index >= 15 is 0 Å². The van der Waals surface area contributed by atoms with Crippen LogP contribution in [0.25, 0.3) is 11.1 Å². The van der Waals surface area contributed by atoms with Crippen LogP contribution in [0.2, 0.25) is 0 Å². The minimum Gasteiger partial charge on any atom is -0.454 e. The Labute approximate surface area is 104 Å². The van der Waals surface area contributed by atoms with Crippen molar-refractivity contribution in [3.63, 3.8) is 0 Å². The molecule has 0 amide bonds. The van der Waals surface area contributed by atoms with Crippen molar-refractivity contribution in [1.29, 1.82) is 0 Å². The Kier molecular flexibility index (Phi) is 2.22. The van der Waals surface area contributed by atoms with Crippen molar-refractivity contribution in [2.45, 2.75) is 0 Å². The Morgan fingerprint density at radius 2 is 2.29 bits per heavy atom. The fourth-order valence-electron chi connectivity index (χ4n) is 1.72. The quantitative estimate of drug-likeness (QED) is 0.847. The monoisotopic (exact) mass is 299 g/mol. The maximum Gasteiger partial charge on any atom is 0.231 e. The Morgan fingerprint density at radius 1 is 1.47 bits per heavy atom. The van der Waals surface area contributed by atoms with Gasteiger partial charge in [-0.2, -0.15) is 5.10 Å². The number of aromatic nitrogens is 2. The van der Waals surface area contributed by atoms with Gasteiger partial charge >= 0.3 is 0 Å². The summed E-state index contributed by atoms with van der Waals surface area (Å²) >= 11 is 3.13. The second-order valence-corrected chi connectivity index (χ2v) is 4.33. The number of rotatable bonds is 1. The van der Waals surface area contributed by atoms with Gasteiger partial charge in [0.15, 0.2) is 11.5 Å². The summed E-state index contributed by atoms with van der Waals surface area (Å²) in [6.45, 7) is 0.0655. The fourth-order valence-corrected chi connectivity index (χ4v) is 2.13. The van der Waals surface area contributed by atoms with Crippen molar-refractivity contribution in [2.75, 3.05) is 12.5 Å². The number of nitrogens with two attached hydrogens (primary N) is 1. The number of fused-ring (bicyclic) bond motifs is 1. The Balaban J connectivity index is 2.33. The van der Waals surface area contributed by atoms with Crippen molar-refractivity contribution >= 4 is 21.7 Å². The van der Waals surface area contributed by atoms with Crippen LogP contribution in [-0.4, -0.2) is 17.0 Å². The van der Waals surface area contributed by atoms with Gasteiger partial charge in [0.1, 0.15) is 11.6 Å². The highest BCUT2D eigenvalue weighted by molar-refractivity contribution is 9.10. The lowest BCUT2D eigenvalue weighted by Gasteiger charge is -2.07. The molecule has 7 heteroatoms. The summed E-state index contributed by atoms with van der Waals surface area (Å²) in [5, 5.41) is 6.32. The van der Waals surface area contributed by atoms with Crippen LogP contribution < -0.4 is 15.2 Å². The molecule has 0 saturated carbocycles. The minimum atomic E-state index is -0.456. The number of hydrogen-bond donors (Lipinski definition) is 2. The molecule has 3 rings (SSSR count). The summed E-state index contributed by atoms with van der Waals surface area (Å²) in [5.41, 5.74) is 6.39. The molecule has 1 aliphatic rings. The molecule has 0 radical (unpaired) electrons. The molecule has 88 valence electrons. The molecule has 0 atom stereocenters. The maximum absolute atomic E-state index is 14.1. The van der Waals surface area contributed by atoms with Gasteiger partial charge in [-0.25, -0.2) is 4.39 Å². The average molecular weight is 300 g/mol. The molecule has 0 fully saturated rings. The van der Waals surface area contributed by atoms with E-state index in [1.165, 1.54) is 12.3 Å². The number of H-pyrrole nitrogens is 1. The number of nitrogens with one attached hydrogen (secondary N) is 1. The molecule has 0 bridgehead atoms. The molecule has 17 heavy (non-hydrogen) atoms. The lowest BCUT2D eigenvalue weighted by atomic mass is 10.1. The molecule has 5 nitrogen and oxygen atoms in total. The van der Waals surface area contributed by atoms with Crippen LogP contribution >= 0.6 is 15.9 Å². The third-order valence-corrected chi connectivity index (χ3v) is 3.07. The van der Waals surface area contributed by atoms with Gasteiger partial charge in [0.05, 0.1) is 21.8 Å². The number of ether oxygens (including phenoxy) is 2. The number of benzene rings is 1. The van der Waals surface area contributed by atoms with Crippen LogP contribution in [0.15, 0.2) is 16.7 Å². The highest BCUT2D eigenvalue weighted by Crippen LogP contribution is 2.46. The van der Waals surface area contributed by atoms with Gasteiger partial charge in [-0.1, -0.05) is 0 Å². The average Bonchev–Trinajstić information content (AvgIpc) is 2.89. The standard InChI is InChI=1S/C10H7BrFN3O2/c11-5-1-6-9(17-3-16-6)7(8(5)12)4-2-14-15-10(4)13/h1-2H,3H2,(H3,13,14,15). The van der Waals surface area contributed by atoms with E-state index in [1.807, 2.05) is 0 Å². The summed E-state index contributed by atoms with van der Waals surface area (Å²) < 4.78 is 24.9. The number of aromatic amines is 1. The van der Waals surface area contributed by atoms with Crippen LogP contribution in [0.4, 0.5) is 10.2 Å². The van der Waals surface area contributed by atoms with E-state index in [9.17, 15) is 4.39 Å². The van der Waals surface area contributed by atoms with Crippen molar-refractivity contribution < 1.29 is 13.9 Å². The minimum absolute atomic E-state index is 0.0655. The third kappa shape index (κ3) is 1.46. The highest BCUT2D eigenvalue weighted by Gasteiger charge is 2.26. The zero-order chi connectivity index (χ0) is 12.0. The summed E-state index contributed by atoms with van der Waals surface area (Å²) in [6.07, 6.45) is 1.45. The number of anilines is 1. The molecule has 1 aliphatic heterocycles. The van der Waals surface area contributed by atoms with Crippen LogP contribution in [0.5, 0.6) is 11.5 Å². The first-order valence-corrected chi connectivity index (χ1v) is 5.54. The molecule has 1 aromatic carbocycles. The fraction of sp³-hybridized carbons (Fsp3) is 0.100. The molecule has 3 N–H and O–H groups in total. The first-order chi connectivity index (χ1) is 8.18. The lowest BCUT2D eigenvalue weighted by Crippen LogP contribution is -1.95. The lowest BCUT2D eigenvalue weighted by molar-refractivity contribution is 0.174. The Morgan fingerprint density at radius 3 is 3.00 bits per heavy atom. The van der Waals surface area contributed by atoms with Gasteiger partial charge < -0.3 is 15.2 Å². The first kappa shape index (κ1) is 10.4. The van der Waals surface area contributed by atoms with E-state index < -0.39 is 5.82 Å². The molecule has 0 aliphatic carbocycles. The molecule has 0 spiro atoms. The predicted octanol–water partition coefficient (Wildman–Crippen LogP) is 2.29. The Bertz CT molecular complexity index is 599. The molecular weight excluding hydrogens is 293 g/mol. The summed E-state index contributed by atoms with van der Waals surface area (Å²) in [4.78, 5) is 0. The van der Waals surface area contributed by atoms with E-state index in [2.05, 4.69) is 26.1 Å². The van der Waals surface area contributed by atoms with E-state index in [0.717, 1.165) is 0 Å². The van der Waals surface area contributed by atoms with Crippen molar-refractivity contribution in [3.8, 4) is 22.6 Å². The van der Waals surface area contributed by atoms with Gasteiger partial charge in [0.2, 0.25) is 6.79 Å². The van der Waals surface area contributed by atoms with Gasteiger partial charge in [-0.3, -0.25) is 5.10 Å². The summed E-state index contributed by atoms with van der Waals surface area (Å²) in [5.74, 6) is 0.648. The number of nitrogens with zero attached hydrogens (tertiary/aromatic N) is 1. The molecule has 1 aromatic heterocycles. The second kappa shape index (κ2) is 3.63. The first-order valence-electron chi connectivity index (χ1n) is 4.75. The molecule has 0 unspecified atom stereocenters.